The number of ether oxygens (including phenoxy) is 1. The van der Waals surface area contributed by atoms with Crippen molar-refractivity contribution >= 4 is 17.9 Å². The summed E-state index contributed by atoms with van der Waals surface area (Å²) in [5.74, 6) is -3.94. The van der Waals surface area contributed by atoms with Gasteiger partial charge < -0.3 is 19.7 Å². The number of hydrogen-bond donors (Lipinski definition) is 1. The maximum absolute atomic E-state index is 11.8. The zero-order chi connectivity index (χ0) is 21.3. The van der Waals surface area contributed by atoms with E-state index in [0.29, 0.717) is 6.42 Å². The van der Waals surface area contributed by atoms with E-state index in [0.717, 1.165) is 19.3 Å². The molecule has 0 amide bonds. The van der Waals surface area contributed by atoms with Gasteiger partial charge in [-0.15, -0.1) is 0 Å². The van der Waals surface area contributed by atoms with Gasteiger partial charge in [0, 0.05) is 12.4 Å². The molecule has 0 aromatic heterocycles. The van der Waals surface area contributed by atoms with Crippen LogP contribution in [-0.4, -0.2) is 41.8 Å². The molecule has 0 saturated heterocycles. The van der Waals surface area contributed by atoms with Gasteiger partial charge in [0.1, 0.15) is 0 Å². The van der Waals surface area contributed by atoms with Crippen LogP contribution in [0.15, 0.2) is 0 Å². The Bertz CT molecular complexity index is 458. The Morgan fingerprint density at radius 3 is 1.86 bits per heavy atom. The number of aliphatic hydroxyl groups is 1. The fourth-order valence-electron chi connectivity index (χ4n) is 2.70. The van der Waals surface area contributed by atoms with Crippen LogP contribution in [0.2, 0.25) is 0 Å². The van der Waals surface area contributed by atoms with E-state index in [1.54, 1.807) is 0 Å². The average Bonchev–Trinajstić information content (AvgIpc) is 2.63. The summed E-state index contributed by atoms with van der Waals surface area (Å²) in [5.41, 5.74) is -2.58. The first-order valence-electron chi connectivity index (χ1n) is 10.3. The standard InChI is InChI=1S/C20H36O8.Na/c1-3-5-6-7-8-9-10-11-12-13-14-26-18(23)16-20(25,15-17(21)22)19(24)28-27-4-2;/h25H,3-16H2,1-2H3,(H,21,22);/q;+1/p-1. The van der Waals surface area contributed by atoms with Crippen molar-refractivity contribution in [3.05, 3.63) is 0 Å². The zero-order valence-corrected chi connectivity index (χ0v) is 20.2. The predicted molar refractivity (Wildman–Crippen MR) is 99.7 cm³/mol. The Labute approximate surface area is 195 Å². The molecule has 0 radical (unpaired) electrons. The maximum atomic E-state index is 11.8. The zero-order valence-electron chi connectivity index (χ0n) is 18.2. The minimum atomic E-state index is -2.58. The van der Waals surface area contributed by atoms with E-state index >= 15 is 0 Å². The fourth-order valence-corrected chi connectivity index (χ4v) is 2.70. The summed E-state index contributed by atoms with van der Waals surface area (Å²) in [6, 6.07) is 0. The van der Waals surface area contributed by atoms with Crippen LogP contribution in [-0.2, 0) is 28.9 Å². The topological polar surface area (TPSA) is 122 Å². The van der Waals surface area contributed by atoms with Gasteiger partial charge in [-0.3, -0.25) is 9.68 Å². The summed E-state index contributed by atoms with van der Waals surface area (Å²) < 4.78 is 4.99. The number of aliphatic carboxylic acids is 1. The molecular formula is C20H35NaO8. The monoisotopic (exact) mass is 426 g/mol. The second-order valence-electron chi connectivity index (χ2n) is 6.94. The summed E-state index contributed by atoms with van der Waals surface area (Å²) in [4.78, 5) is 43.0. The van der Waals surface area contributed by atoms with Gasteiger partial charge in [0.25, 0.3) is 0 Å². The van der Waals surface area contributed by atoms with E-state index in [1.165, 1.54) is 45.4 Å². The van der Waals surface area contributed by atoms with Gasteiger partial charge in [0.05, 0.1) is 19.6 Å². The van der Waals surface area contributed by atoms with Gasteiger partial charge >= 0.3 is 41.5 Å². The van der Waals surface area contributed by atoms with Gasteiger partial charge in [-0.2, -0.15) is 4.89 Å². The number of unbranched alkanes of at least 4 members (excludes halogenated alkanes) is 9. The Balaban J connectivity index is 0. The second-order valence-corrected chi connectivity index (χ2v) is 6.94. The molecule has 0 aliphatic rings. The third kappa shape index (κ3) is 16.8. The van der Waals surface area contributed by atoms with Gasteiger partial charge in [0.2, 0.25) is 0 Å². The Kier molecular flexibility index (Phi) is 20.3. The van der Waals surface area contributed by atoms with Crippen LogP contribution in [0, 0.1) is 0 Å². The molecule has 0 aliphatic carbocycles. The quantitative estimate of drug-likeness (QED) is 0.0995. The smallest absolute Gasteiger partial charge is 0.550 e. The van der Waals surface area contributed by atoms with Crippen molar-refractivity contribution < 1.29 is 68.7 Å². The SMILES string of the molecule is CCCCCCCCCCCCOC(=O)CC(O)(CC(=O)[O-])C(=O)OOCC.[Na+]. The Morgan fingerprint density at radius 1 is 0.862 bits per heavy atom. The molecule has 8 nitrogen and oxygen atoms in total. The third-order valence-electron chi connectivity index (χ3n) is 4.27. The van der Waals surface area contributed by atoms with Crippen LogP contribution in [0.1, 0.15) is 90.9 Å². The van der Waals surface area contributed by atoms with Crippen molar-refractivity contribution in [2.45, 2.75) is 96.5 Å². The molecular weight excluding hydrogens is 391 g/mol. The van der Waals surface area contributed by atoms with E-state index in [4.69, 9.17) is 4.74 Å². The number of carbonyl (C=O) groups excluding carboxylic acids is 3. The van der Waals surface area contributed by atoms with Crippen LogP contribution in [0.4, 0.5) is 0 Å². The van der Waals surface area contributed by atoms with Crippen LogP contribution in [0.25, 0.3) is 0 Å². The first-order valence-corrected chi connectivity index (χ1v) is 10.3. The predicted octanol–water partition coefficient (Wildman–Crippen LogP) is -0.790. The maximum Gasteiger partial charge on any atom is 1.00 e. The molecule has 0 saturated carbocycles. The normalized spacial score (nSPS) is 12.5. The molecule has 1 N–H and O–H groups in total. The number of rotatable bonds is 18. The largest absolute Gasteiger partial charge is 1.00 e. The molecule has 9 heteroatoms. The summed E-state index contributed by atoms with van der Waals surface area (Å²) >= 11 is 0. The van der Waals surface area contributed by atoms with Gasteiger partial charge in [0.15, 0.2) is 5.60 Å². The van der Waals surface area contributed by atoms with Gasteiger partial charge in [-0.05, 0) is 13.3 Å². The van der Waals surface area contributed by atoms with E-state index in [2.05, 4.69) is 16.7 Å². The van der Waals surface area contributed by atoms with Crippen molar-refractivity contribution in [2.24, 2.45) is 0 Å². The summed E-state index contributed by atoms with van der Waals surface area (Å²) in [6.07, 6.45) is 9.45. The molecule has 0 heterocycles. The molecule has 0 aliphatic heterocycles. The van der Waals surface area contributed by atoms with E-state index in [1.807, 2.05) is 0 Å². The van der Waals surface area contributed by atoms with Crippen LogP contribution < -0.4 is 34.7 Å². The average molecular weight is 426 g/mol. The molecule has 0 bridgehead atoms. The first-order chi connectivity index (χ1) is 13.4. The number of esters is 1. The minimum absolute atomic E-state index is 0. The van der Waals surface area contributed by atoms with Gasteiger partial charge in [-0.1, -0.05) is 64.7 Å². The molecule has 1 unspecified atom stereocenters. The molecule has 0 spiro atoms. The van der Waals surface area contributed by atoms with E-state index < -0.39 is 36.4 Å². The van der Waals surface area contributed by atoms with E-state index in [-0.39, 0.29) is 42.8 Å². The first kappa shape index (κ1) is 30.5. The summed E-state index contributed by atoms with van der Waals surface area (Å²) in [5, 5.41) is 20.9. The third-order valence-corrected chi connectivity index (χ3v) is 4.27. The second kappa shape index (κ2) is 19.3. The van der Waals surface area contributed by atoms with Crippen molar-refractivity contribution in [1.82, 2.24) is 0 Å². The molecule has 1 atom stereocenters. The van der Waals surface area contributed by atoms with Crippen LogP contribution >= 0.6 is 0 Å². The molecule has 0 aromatic carbocycles. The summed E-state index contributed by atoms with van der Waals surface area (Å²) in [7, 11) is 0. The number of carboxylic acid groups (broad SMARTS) is 1. The molecule has 29 heavy (non-hydrogen) atoms. The Morgan fingerprint density at radius 2 is 1.38 bits per heavy atom. The van der Waals surface area contributed by atoms with Gasteiger partial charge in [-0.25, -0.2) is 4.79 Å². The molecule has 164 valence electrons. The fraction of sp³-hybridized carbons (Fsp3) is 0.850. The molecule has 0 aromatic rings. The van der Waals surface area contributed by atoms with Crippen molar-refractivity contribution in [3.8, 4) is 0 Å². The van der Waals surface area contributed by atoms with Crippen molar-refractivity contribution in [1.29, 1.82) is 0 Å². The summed E-state index contributed by atoms with van der Waals surface area (Å²) in [6.45, 7) is 3.89. The number of carboxylic acids is 1. The van der Waals surface area contributed by atoms with Crippen LogP contribution in [0.5, 0.6) is 0 Å². The van der Waals surface area contributed by atoms with Crippen LogP contribution in [0.3, 0.4) is 0 Å². The minimum Gasteiger partial charge on any atom is -0.550 e. The molecule has 0 fully saturated rings. The Hall–Kier alpha value is -0.670. The van der Waals surface area contributed by atoms with Crippen molar-refractivity contribution in [2.75, 3.05) is 13.2 Å². The number of carbonyl (C=O) groups is 3. The van der Waals surface area contributed by atoms with Crippen molar-refractivity contribution in [3.63, 3.8) is 0 Å². The van der Waals surface area contributed by atoms with E-state index in [9.17, 15) is 24.6 Å². The number of hydrogen-bond acceptors (Lipinski definition) is 8. The molecule has 0 rings (SSSR count).